The van der Waals surface area contributed by atoms with Crippen molar-refractivity contribution in [2.24, 2.45) is 5.73 Å². The summed E-state index contributed by atoms with van der Waals surface area (Å²) < 4.78 is 18.5. The van der Waals surface area contributed by atoms with Gasteiger partial charge in [-0.25, -0.2) is 4.98 Å². The second-order valence-electron chi connectivity index (χ2n) is 7.28. The van der Waals surface area contributed by atoms with Crippen LogP contribution in [0.1, 0.15) is 6.92 Å². The molecule has 4 atom stereocenters. The molecule has 1 fully saturated rings. The van der Waals surface area contributed by atoms with Crippen molar-refractivity contribution >= 4 is 11.5 Å². The van der Waals surface area contributed by atoms with Gasteiger partial charge in [0.15, 0.2) is 5.82 Å². The summed E-state index contributed by atoms with van der Waals surface area (Å²) in [7, 11) is 1.62. The molecule has 1 aromatic carbocycles. The van der Waals surface area contributed by atoms with Crippen LogP contribution in [0.3, 0.4) is 0 Å². The van der Waals surface area contributed by atoms with Gasteiger partial charge in [0.1, 0.15) is 24.4 Å². The summed E-state index contributed by atoms with van der Waals surface area (Å²) in [4.78, 5) is 6.50. The second kappa shape index (κ2) is 8.17. The molecule has 0 saturated carbocycles. The third-order valence-electron chi connectivity index (χ3n) is 5.18. The van der Waals surface area contributed by atoms with E-state index in [1.807, 2.05) is 29.0 Å². The number of anilines is 2. The highest BCUT2D eigenvalue weighted by Crippen LogP contribution is 2.36. The lowest BCUT2D eigenvalue weighted by atomic mass is 10.1. The van der Waals surface area contributed by atoms with Crippen LogP contribution in [0.4, 0.5) is 11.5 Å². The van der Waals surface area contributed by atoms with Gasteiger partial charge >= 0.3 is 0 Å². The van der Waals surface area contributed by atoms with E-state index in [1.165, 1.54) is 0 Å². The first-order chi connectivity index (χ1) is 14.0. The normalized spacial score (nSPS) is 23.0. The number of hydrogen-bond acceptors (Lipinski definition) is 9. The fourth-order valence-corrected chi connectivity index (χ4v) is 3.59. The molecule has 4 rings (SSSR count). The first kappa shape index (κ1) is 19.9. The predicted octanol–water partition coefficient (Wildman–Crippen LogP) is 0.147. The fraction of sp³-hybridized carbons (Fsp3) is 0.526. The van der Waals surface area contributed by atoms with Crippen LogP contribution in [-0.2, 0) is 16.0 Å². The summed E-state index contributed by atoms with van der Waals surface area (Å²) in [6.45, 7) is 3.71. The van der Waals surface area contributed by atoms with Crippen LogP contribution < -0.4 is 20.7 Å². The van der Waals surface area contributed by atoms with Gasteiger partial charge < -0.3 is 40.0 Å². The number of fused-ring (bicyclic) bond motifs is 3. The molecule has 2 aliphatic heterocycles. The number of methoxy groups -OCH3 is 1. The minimum Gasteiger partial charge on any atom is -0.491 e. The molecule has 2 aliphatic rings. The smallest absolute Gasteiger partial charge is 0.239 e. The molecule has 10 nitrogen and oxygen atoms in total. The van der Waals surface area contributed by atoms with E-state index in [4.69, 9.17) is 24.9 Å². The monoisotopic (exact) mass is 405 g/mol. The molecule has 1 aromatic heterocycles. The third-order valence-corrected chi connectivity index (χ3v) is 5.18. The Morgan fingerprint density at radius 1 is 1.45 bits per heavy atom. The minimum atomic E-state index is -1.05. The number of nitrogens with two attached hydrogens (primary N) is 1. The van der Waals surface area contributed by atoms with Crippen molar-refractivity contribution in [2.75, 3.05) is 37.1 Å². The molecule has 0 spiro atoms. The molecule has 29 heavy (non-hydrogen) atoms. The second-order valence-corrected chi connectivity index (χ2v) is 7.28. The Bertz CT molecular complexity index is 856. The molecule has 0 aliphatic carbocycles. The molecular formula is C19H27N5O5. The average Bonchev–Trinajstić information content (AvgIpc) is 3.21. The van der Waals surface area contributed by atoms with E-state index < -0.39 is 12.6 Å². The predicted molar refractivity (Wildman–Crippen MR) is 107 cm³/mol. The summed E-state index contributed by atoms with van der Waals surface area (Å²) in [6.07, 6.45) is -0.126. The maximum atomic E-state index is 10.3. The summed E-state index contributed by atoms with van der Waals surface area (Å²) in [5.41, 5.74) is 7.16. The molecule has 0 bridgehead atoms. The highest BCUT2D eigenvalue weighted by molar-refractivity contribution is 5.71. The summed E-state index contributed by atoms with van der Waals surface area (Å²) in [5.74, 6) is 2.07. The molecule has 10 heteroatoms. The average molecular weight is 405 g/mol. The number of nitrogens with zero attached hydrogens (tertiary/aromatic N) is 3. The van der Waals surface area contributed by atoms with Crippen molar-refractivity contribution in [3.8, 4) is 17.1 Å². The number of aliphatic hydroxyl groups is 2. The minimum absolute atomic E-state index is 0.111. The molecule has 1 saturated heterocycles. The van der Waals surface area contributed by atoms with E-state index in [9.17, 15) is 10.2 Å². The number of imidazole rings is 1. The van der Waals surface area contributed by atoms with Gasteiger partial charge in [0.25, 0.3) is 0 Å². The molecule has 5 N–H and O–H groups in total. The largest absolute Gasteiger partial charge is 0.491 e. The van der Waals surface area contributed by atoms with Crippen molar-refractivity contribution in [3.05, 3.63) is 24.4 Å². The Kier molecular flexibility index (Phi) is 5.61. The molecule has 2 unspecified atom stereocenters. The fourth-order valence-electron chi connectivity index (χ4n) is 3.59. The SMILES string of the molecule is COC[C@@H]1COC(O)N1c1cn2c(n1)-c1ccc(N[C@@H](C)C(N)O)cc1OCC2. The van der Waals surface area contributed by atoms with Crippen molar-refractivity contribution in [3.63, 3.8) is 0 Å². The van der Waals surface area contributed by atoms with Gasteiger partial charge in [0.05, 0.1) is 37.4 Å². The van der Waals surface area contributed by atoms with Gasteiger partial charge in [-0.05, 0) is 19.1 Å². The topological polar surface area (TPSA) is 127 Å². The lowest BCUT2D eigenvalue weighted by molar-refractivity contribution is -0.0579. The first-order valence-electron chi connectivity index (χ1n) is 9.59. The van der Waals surface area contributed by atoms with Crippen molar-refractivity contribution in [1.29, 1.82) is 0 Å². The lowest BCUT2D eigenvalue weighted by Crippen LogP contribution is -2.39. The summed E-state index contributed by atoms with van der Waals surface area (Å²) >= 11 is 0. The Balaban J connectivity index is 1.65. The van der Waals surface area contributed by atoms with E-state index in [-0.39, 0.29) is 12.1 Å². The van der Waals surface area contributed by atoms with E-state index in [2.05, 4.69) is 5.32 Å². The van der Waals surface area contributed by atoms with Gasteiger partial charge in [0.2, 0.25) is 6.41 Å². The van der Waals surface area contributed by atoms with Crippen LogP contribution >= 0.6 is 0 Å². The Labute approximate surface area is 168 Å². The van der Waals surface area contributed by atoms with Crippen LogP contribution in [0.5, 0.6) is 5.75 Å². The number of benzene rings is 1. The highest BCUT2D eigenvalue weighted by atomic mass is 16.6. The van der Waals surface area contributed by atoms with Crippen molar-refractivity contribution in [1.82, 2.24) is 9.55 Å². The summed E-state index contributed by atoms with van der Waals surface area (Å²) in [5, 5.41) is 22.9. The lowest BCUT2D eigenvalue weighted by Gasteiger charge is -2.24. The Hall–Kier alpha value is -2.37. The Morgan fingerprint density at radius 3 is 3.03 bits per heavy atom. The van der Waals surface area contributed by atoms with E-state index >= 15 is 0 Å². The number of hydrogen-bond donors (Lipinski definition) is 4. The van der Waals surface area contributed by atoms with Crippen LogP contribution in [0.25, 0.3) is 11.4 Å². The molecular weight excluding hydrogens is 378 g/mol. The standard InChI is InChI=1S/C19H27N5O5/c1-11(17(20)25)21-12-3-4-14-15(7-12)28-6-5-23-8-16(22-18(14)23)24-13(9-27-2)10-29-19(24)26/h3-4,7-8,11,13,17,19,21,25-26H,5-6,9-10,20H2,1-2H3/t11-,13+,17?,19?/m0/s1. The Morgan fingerprint density at radius 2 is 2.28 bits per heavy atom. The zero-order valence-corrected chi connectivity index (χ0v) is 16.5. The van der Waals surface area contributed by atoms with E-state index in [0.717, 1.165) is 17.1 Å². The number of nitrogens with one attached hydrogen (secondary N) is 1. The van der Waals surface area contributed by atoms with Crippen LogP contribution in [0, 0.1) is 0 Å². The number of ether oxygens (including phenoxy) is 3. The molecule has 0 amide bonds. The third kappa shape index (κ3) is 3.89. The highest BCUT2D eigenvalue weighted by Gasteiger charge is 2.35. The van der Waals surface area contributed by atoms with Gasteiger partial charge in [-0.1, -0.05) is 0 Å². The van der Waals surface area contributed by atoms with Gasteiger partial charge in [-0.15, -0.1) is 0 Å². The van der Waals surface area contributed by atoms with Crippen molar-refractivity contribution < 1.29 is 24.4 Å². The maximum absolute atomic E-state index is 10.3. The van der Waals surface area contributed by atoms with Gasteiger partial charge in [-0.2, -0.15) is 0 Å². The zero-order valence-electron chi connectivity index (χ0n) is 16.5. The van der Waals surface area contributed by atoms with E-state index in [0.29, 0.717) is 37.9 Å². The number of aromatic nitrogens is 2. The number of aliphatic hydroxyl groups excluding tert-OH is 2. The van der Waals surface area contributed by atoms with Crippen LogP contribution in [-0.4, -0.2) is 71.4 Å². The molecule has 2 aromatic rings. The van der Waals surface area contributed by atoms with Crippen LogP contribution in [0.15, 0.2) is 24.4 Å². The maximum Gasteiger partial charge on any atom is 0.239 e. The van der Waals surface area contributed by atoms with Crippen molar-refractivity contribution in [2.45, 2.75) is 38.2 Å². The van der Waals surface area contributed by atoms with E-state index in [1.54, 1.807) is 18.9 Å². The molecule has 3 heterocycles. The zero-order chi connectivity index (χ0) is 20.5. The van der Waals surface area contributed by atoms with Gasteiger partial charge in [0, 0.05) is 25.1 Å². The number of rotatable bonds is 6. The quantitative estimate of drug-likeness (QED) is 0.497. The van der Waals surface area contributed by atoms with Crippen LogP contribution in [0.2, 0.25) is 0 Å². The molecule has 0 radical (unpaired) electrons. The first-order valence-corrected chi connectivity index (χ1v) is 9.59. The molecule has 158 valence electrons. The van der Waals surface area contributed by atoms with Gasteiger partial charge in [-0.3, -0.25) is 4.90 Å². The summed E-state index contributed by atoms with van der Waals surface area (Å²) in [6, 6.07) is 5.28.